The molecule has 2 fully saturated rings. The van der Waals surface area contributed by atoms with Gasteiger partial charge in [0.15, 0.2) is 17.8 Å². The van der Waals surface area contributed by atoms with E-state index in [-0.39, 0.29) is 0 Å². The molecule has 3 rings (SSSR count). The largest absolute Gasteiger partial charge is 0.490 e. The van der Waals surface area contributed by atoms with Gasteiger partial charge in [0.1, 0.15) is 0 Å². The number of carbonyl (C=O) groups excluding carboxylic acids is 1. The Morgan fingerprint density at radius 3 is 2.80 bits per heavy atom. The Bertz CT molecular complexity index is 483. The molecule has 3 unspecified atom stereocenters. The molecule has 0 aliphatic heterocycles. The summed E-state index contributed by atoms with van der Waals surface area (Å²) in [7, 11) is 0. The van der Waals surface area contributed by atoms with Crippen molar-refractivity contribution in [3.05, 3.63) is 23.8 Å². The molecular weight excluding hydrogens is 252 g/mol. The third kappa shape index (κ3) is 2.54. The maximum Gasteiger partial charge on any atom is 0.171 e. The number of hydrogen-bond acceptors (Lipinski definition) is 3. The minimum atomic E-state index is 0.576. The van der Waals surface area contributed by atoms with Crippen LogP contribution < -0.4 is 9.47 Å². The van der Waals surface area contributed by atoms with E-state index in [0.717, 1.165) is 18.1 Å². The van der Waals surface area contributed by atoms with Crippen LogP contribution in [0.4, 0.5) is 0 Å². The summed E-state index contributed by atoms with van der Waals surface area (Å²) in [4.78, 5) is 11.2. The third-order valence-electron chi connectivity index (χ3n) is 4.76. The summed E-state index contributed by atoms with van der Waals surface area (Å²) in [5, 5.41) is 0. The fourth-order valence-electron chi connectivity index (χ4n) is 3.82. The molecule has 2 bridgehead atoms. The van der Waals surface area contributed by atoms with Crippen molar-refractivity contribution in [1.82, 2.24) is 0 Å². The first kappa shape index (κ1) is 13.5. The summed E-state index contributed by atoms with van der Waals surface area (Å²) in [5.74, 6) is 3.70. The molecule has 0 radical (unpaired) electrons. The molecule has 0 spiro atoms. The van der Waals surface area contributed by atoms with Crippen molar-refractivity contribution >= 4 is 6.29 Å². The van der Waals surface area contributed by atoms with Gasteiger partial charge in [-0.05, 0) is 56.1 Å². The van der Waals surface area contributed by atoms with Gasteiger partial charge in [-0.2, -0.15) is 0 Å². The van der Waals surface area contributed by atoms with Crippen molar-refractivity contribution in [3.63, 3.8) is 0 Å². The van der Waals surface area contributed by atoms with Crippen molar-refractivity contribution in [1.29, 1.82) is 0 Å². The van der Waals surface area contributed by atoms with Crippen LogP contribution in [-0.4, -0.2) is 19.5 Å². The topological polar surface area (TPSA) is 35.5 Å². The first-order valence-corrected chi connectivity index (χ1v) is 7.65. The molecule has 0 N–H and O–H groups in total. The van der Waals surface area contributed by atoms with E-state index in [1.54, 1.807) is 6.07 Å². The summed E-state index contributed by atoms with van der Waals surface area (Å²) in [6.45, 7) is 3.23. The lowest BCUT2D eigenvalue weighted by Crippen LogP contribution is -2.19. The van der Waals surface area contributed by atoms with Gasteiger partial charge in [0.25, 0.3) is 0 Å². The molecule has 0 heterocycles. The molecule has 1 aromatic carbocycles. The van der Waals surface area contributed by atoms with Crippen molar-refractivity contribution in [3.8, 4) is 11.5 Å². The zero-order valence-corrected chi connectivity index (χ0v) is 12.0. The zero-order chi connectivity index (χ0) is 13.9. The number of carbonyl (C=O) groups is 1. The van der Waals surface area contributed by atoms with E-state index in [0.29, 0.717) is 36.2 Å². The highest BCUT2D eigenvalue weighted by Crippen LogP contribution is 2.48. The van der Waals surface area contributed by atoms with E-state index < -0.39 is 0 Å². The lowest BCUT2D eigenvalue weighted by Gasteiger charge is -2.23. The van der Waals surface area contributed by atoms with Crippen LogP contribution in [0, 0.1) is 17.8 Å². The summed E-state index contributed by atoms with van der Waals surface area (Å²) in [5.41, 5.74) is 0.583. The molecule has 2 aliphatic rings. The molecule has 3 nitrogen and oxygen atoms in total. The van der Waals surface area contributed by atoms with E-state index in [9.17, 15) is 4.79 Å². The molecule has 20 heavy (non-hydrogen) atoms. The molecule has 1 aromatic rings. The number of benzene rings is 1. The second-order valence-electron chi connectivity index (χ2n) is 5.97. The Hall–Kier alpha value is -1.51. The van der Waals surface area contributed by atoms with E-state index in [2.05, 4.69) is 0 Å². The van der Waals surface area contributed by atoms with E-state index >= 15 is 0 Å². The maximum atomic E-state index is 11.2. The smallest absolute Gasteiger partial charge is 0.171 e. The highest BCUT2D eigenvalue weighted by Gasteiger charge is 2.39. The predicted octanol–water partition coefficient (Wildman–Crippen LogP) is 3.71. The number of ether oxygens (including phenoxy) is 2. The molecule has 3 heteroatoms. The number of hydrogen-bond donors (Lipinski definition) is 0. The van der Waals surface area contributed by atoms with Gasteiger partial charge in [0.05, 0.1) is 18.8 Å². The molecule has 3 atom stereocenters. The zero-order valence-electron chi connectivity index (χ0n) is 12.0. The fourth-order valence-corrected chi connectivity index (χ4v) is 3.82. The number of fused-ring (bicyclic) bond motifs is 2. The lowest BCUT2D eigenvalue weighted by atomic mass is 9.89. The average Bonchev–Trinajstić information content (AvgIpc) is 3.08. The fraction of sp³-hybridized carbons (Fsp3) is 0.588. The van der Waals surface area contributed by atoms with Crippen LogP contribution in [0.2, 0.25) is 0 Å². The van der Waals surface area contributed by atoms with Gasteiger partial charge in [0.2, 0.25) is 0 Å². The highest BCUT2D eigenvalue weighted by atomic mass is 16.5. The predicted molar refractivity (Wildman–Crippen MR) is 77.4 cm³/mol. The van der Waals surface area contributed by atoms with Gasteiger partial charge in [-0.1, -0.05) is 12.5 Å². The first-order chi connectivity index (χ1) is 9.81. The minimum absolute atomic E-state index is 0.576. The second-order valence-corrected chi connectivity index (χ2v) is 5.97. The highest BCUT2D eigenvalue weighted by molar-refractivity contribution is 5.81. The second kappa shape index (κ2) is 5.86. The third-order valence-corrected chi connectivity index (χ3v) is 4.76. The Morgan fingerprint density at radius 1 is 1.25 bits per heavy atom. The van der Waals surface area contributed by atoms with Crippen molar-refractivity contribution in [2.45, 2.75) is 32.6 Å². The summed E-state index contributed by atoms with van der Waals surface area (Å²) in [6, 6.07) is 5.48. The summed E-state index contributed by atoms with van der Waals surface area (Å²) in [6.07, 6.45) is 6.26. The van der Waals surface area contributed by atoms with Crippen LogP contribution in [0.15, 0.2) is 18.2 Å². The van der Waals surface area contributed by atoms with Gasteiger partial charge in [-0.3, -0.25) is 4.79 Å². The number of para-hydroxylation sites is 1. The first-order valence-electron chi connectivity index (χ1n) is 7.65. The molecule has 0 saturated heterocycles. The Labute approximate surface area is 120 Å². The Kier molecular flexibility index (Phi) is 3.95. The molecular formula is C17H22O3. The van der Waals surface area contributed by atoms with Crippen LogP contribution in [-0.2, 0) is 0 Å². The standard InChI is InChI=1S/C17H22O3/c1-2-19-16-5-3-4-14(10-18)17(16)20-11-15-9-12-6-7-13(15)8-12/h3-5,10,12-13,15H,2,6-9,11H2,1H3. The molecule has 0 aromatic heterocycles. The minimum Gasteiger partial charge on any atom is -0.490 e. The van der Waals surface area contributed by atoms with Crippen LogP contribution in [0.25, 0.3) is 0 Å². The summed E-state index contributed by atoms with van der Waals surface area (Å²) < 4.78 is 11.6. The quantitative estimate of drug-likeness (QED) is 0.742. The Balaban J connectivity index is 1.71. The molecule has 2 saturated carbocycles. The number of rotatable bonds is 6. The van der Waals surface area contributed by atoms with Gasteiger partial charge in [0, 0.05) is 0 Å². The van der Waals surface area contributed by atoms with E-state index in [4.69, 9.17) is 9.47 Å². The van der Waals surface area contributed by atoms with Gasteiger partial charge in [-0.25, -0.2) is 0 Å². The van der Waals surface area contributed by atoms with Crippen LogP contribution in [0.3, 0.4) is 0 Å². The van der Waals surface area contributed by atoms with Gasteiger partial charge in [-0.15, -0.1) is 0 Å². The van der Waals surface area contributed by atoms with E-state index in [1.807, 2.05) is 19.1 Å². The Morgan fingerprint density at radius 2 is 2.15 bits per heavy atom. The SMILES string of the molecule is CCOc1cccc(C=O)c1OCC1CC2CCC1C2. The van der Waals surface area contributed by atoms with Gasteiger partial charge >= 0.3 is 0 Å². The van der Waals surface area contributed by atoms with Crippen LogP contribution >= 0.6 is 0 Å². The normalized spacial score (nSPS) is 27.6. The summed E-state index contributed by atoms with van der Waals surface area (Å²) >= 11 is 0. The molecule has 0 amide bonds. The van der Waals surface area contributed by atoms with Crippen LogP contribution in [0.5, 0.6) is 11.5 Å². The lowest BCUT2D eigenvalue weighted by molar-refractivity contribution is 0.111. The average molecular weight is 274 g/mol. The van der Waals surface area contributed by atoms with Crippen molar-refractivity contribution in [2.75, 3.05) is 13.2 Å². The van der Waals surface area contributed by atoms with Crippen molar-refractivity contribution in [2.24, 2.45) is 17.8 Å². The monoisotopic (exact) mass is 274 g/mol. The maximum absolute atomic E-state index is 11.2. The van der Waals surface area contributed by atoms with E-state index in [1.165, 1.54) is 25.7 Å². The molecule has 2 aliphatic carbocycles. The number of aldehydes is 1. The van der Waals surface area contributed by atoms with Gasteiger partial charge < -0.3 is 9.47 Å². The van der Waals surface area contributed by atoms with Crippen molar-refractivity contribution < 1.29 is 14.3 Å². The van der Waals surface area contributed by atoms with Crippen LogP contribution in [0.1, 0.15) is 43.0 Å². The molecule has 108 valence electrons.